The number of thiophene rings is 1. The van der Waals surface area contributed by atoms with Gasteiger partial charge in [0.05, 0.1) is 19.2 Å². The Kier molecular flexibility index (Phi) is 3.74. The maximum absolute atomic E-state index is 12.5. The maximum atomic E-state index is 12.5. The summed E-state index contributed by atoms with van der Waals surface area (Å²) >= 11 is 1.63. The second-order valence-electron chi connectivity index (χ2n) is 4.90. The monoisotopic (exact) mass is 287 g/mol. The fraction of sp³-hybridized carbons (Fsp3) is 0.312. The molecule has 1 aliphatic rings. The molecule has 1 aromatic heterocycles. The number of rotatable bonds is 3. The zero-order valence-corrected chi connectivity index (χ0v) is 12.3. The van der Waals surface area contributed by atoms with Crippen LogP contribution in [0.3, 0.4) is 0 Å². The highest BCUT2D eigenvalue weighted by Gasteiger charge is 2.23. The molecular formula is C16H17NO2S. The number of nitrogens with zero attached hydrogens (tertiary/aromatic N) is 1. The number of hydrogen-bond donors (Lipinski definition) is 0. The van der Waals surface area contributed by atoms with Crippen molar-refractivity contribution in [2.75, 3.05) is 18.6 Å². The number of carbonyl (C=O) groups excluding carboxylic acids is 1. The number of methoxy groups -OCH3 is 1. The number of carbonyl (C=O) groups is 1. The van der Waals surface area contributed by atoms with Gasteiger partial charge in [0.2, 0.25) is 5.91 Å². The lowest BCUT2D eigenvalue weighted by Crippen LogP contribution is -2.36. The first-order valence-corrected chi connectivity index (χ1v) is 7.65. The molecule has 3 rings (SSSR count). The quantitative estimate of drug-likeness (QED) is 0.867. The molecule has 2 aromatic rings. The summed E-state index contributed by atoms with van der Waals surface area (Å²) in [6, 6.07) is 10.0. The maximum Gasteiger partial charge on any atom is 0.232 e. The Labute approximate surface area is 122 Å². The van der Waals surface area contributed by atoms with Crippen LogP contribution in [0.15, 0.2) is 35.7 Å². The number of anilines is 1. The van der Waals surface area contributed by atoms with Crippen LogP contribution in [-0.4, -0.2) is 19.6 Å². The highest BCUT2D eigenvalue weighted by Crippen LogP contribution is 2.31. The molecule has 0 bridgehead atoms. The van der Waals surface area contributed by atoms with Crippen molar-refractivity contribution in [3.63, 3.8) is 0 Å². The minimum Gasteiger partial charge on any atom is -0.497 e. The third-order valence-corrected chi connectivity index (χ3v) is 4.49. The summed E-state index contributed by atoms with van der Waals surface area (Å²) in [5.41, 5.74) is 2.24. The predicted octanol–water partition coefficient (Wildman–Crippen LogP) is 3.28. The number of benzene rings is 1. The normalized spacial score (nSPS) is 13.9. The Bertz CT molecular complexity index is 607. The molecule has 0 aliphatic carbocycles. The largest absolute Gasteiger partial charge is 0.497 e. The van der Waals surface area contributed by atoms with E-state index >= 15 is 0 Å². The van der Waals surface area contributed by atoms with Gasteiger partial charge >= 0.3 is 0 Å². The van der Waals surface area contributed by atoms with E-state index < -0.39 is 0 Å². The van der Waals surface area contributed by atoms with Gasteiger partial charge in [-0.1, -0.05) is 12.1 Å². The molecule has 0 N–H and O–H groups in total. The van der Waals surface area contributed by atoms with Crippen molar-refractivity contribution in [1.29, 1.82) is 0 Å². The Morgan fingerprint density at radius 3 is 3.05 bits per heavy atom. The third-order valence-electron chi connectivity index (χ3n) is 3.62. The Morgan fingerprint density at radius 1 is 1.40 bits per heavy atom. The molecular weight excluding hydrogens is 270 g/mol. The van der Waals surface area contributed by atoms with Crippen molar-refractivity contribution in [3.8, 4) is 5.75 Å². The second kappa shape index (κ2) is 5.67. The van der Waals surface area contributed by atoms with E-state index in [1.165, 1.54) is 5.56 Å². The van der Waals surface area contributed by atoms with Crippen LogP contribution in [0.4, 0.5) is 5.69 Å². The van der Waals surface area contributed by atoms with Crippen LogP contribution in [0.5, 0.6) is 5.75 Å². The first-order chi connectivity index (χ1) is 9.78. The molecule has 0 saturated carbocycles. The van der Waals surface area contributed by atoms with Crippen molar-refractivity contribution < 1.29 is 9.53 Å². The molecule has 4 heteroatoms. The molecule has 0 atom stereocenters. The molecule has 104 valence electrons. The van der Waals surface area contributed by atoms with Crippen molar-refractivity contribution in [2.24, 2.45) is 0 Å². The lowest BCUT2D eigenvalue weighted by atomic mass is 10.0. The number of amides is 1. The fourth-order valence-corrected chi connectivity index (χ4v) is 3.29. The molecule has 2 heterocycles. The van der Waals surface area contributed by atoms with Crippen LogP contribution in [-0.2, 0) is 17.6 Å². The summed E-state index contributed by atoms with van der Waals surface area (Å²) in [5, 5.41) is 2.01. The number of fused-ring (bicyclic) bond motifs is 1. The first kappa shape index (κ1) is 13.2. The van der Waals surface area contributed by atoms with Gasteiger partial charge in [-0.2, -0.15) is 0 Å². The molecule has 3 nitrogen and oxygen atoms in total. The molecule has 0 spiro atoms. The molecule has 0 radical (unpaired) electrons. The number of aryl methyl sites for hydroxylation is 1. The van der Waals surface area contributed by atoms with Crippen LogP contribution in [0, 0.1) is 0 Å². The molecule has 0 fully saturated rings. The summed E-state index contributed by atoms with van der Waals surface area (Å²) in [5.74, 6) is 0.973. The van der Waals surface area contributed by atoms with Gasteiger partial charge in [0.25, 0.3) is 0 Å². The van der Waals surface area contributed by atoms with Crippen molar-refractivity contribution in [3.05, 3.63) is 46.2 Å². The lowest BCUT2D eigenvalue weighted by molar-refractivity contribution is -0.118. The molecule has 0 saturated heterocycles. The summed E-state index contributed by atoms with van der Waals surface area (Å²) < 4.78 is 5.28. The van der Waals surface area contributed by atoms with Crippen molar-refractivity contribution in [2.45, 2.75) is 19.3 Å². The van der Waals surface area contributed by atoms with E-state index in [1.807, 2.05) is 34.5 Å². The third kappa shape index (κ3) is 2.56. The first-order valence-electron chi connectivity index (χ1n) is 6.77. The average Bonchev–Trinajstić information content (AvgIpc) is 2.98. The van der Waals surface area contributed by atoms with Gasteiger partial charge in [-0.05, 0) is 35.9 Å². The van der Waals surface area contributed by atoms with E-state index in [9.17, 15) is 4.79 Å². The van der Waals surface area contributed by atoms with E-state index in [0.717, 1.165) is 35.7 Å². The smallest absolute Gasteiger partial charge is 0.232 e. The highest BCUT2D eigenvalue weighted by molar-refractivity contribution is 7.10. The summed E-state index contributed by atoms with van der Waals surface area (Å²) in [6.07, 6.45) is 2.53. The van der Waals surface area contributed by atoms with E-state index in [1.54, 1.807) is 18.4 Å². The number of ether oxygens (including phenoxy) is 1. The van der Waals surface area contributed by atoms with Crippen LogP contribution in [0.1, 0.15) is 16.9 Å². The predicted molar refractivity (Wildman–Crippen MR) is 81.7 cm³/mol. The fourth-order valence-electron chi connectivity index (χ4n) is 2.60. The standard InChI is InChI=1S/C16H17NO2S/c1-19-13-7-6-12-4-2-8-17(15(12)10-13)16(18)11-14-5-3-9-20-14/h3,5-7,9-10H,2,4,8,11H2,1H3. The number of hydrogen-bond acceptors (Lipinski definition) is 3. The minimum absolute atomic E-state index is 0.168. The zero-order valence-electron chi connectivity index (χ0n) is 11.5. The van der Waals surface area contributed by atoms with Gasteiger partial charge in [0.1, 0.15) is 5.75 Å². The second-order valence-corrected chi connectivity index (χ2v) is 5.93. The molecule has 1 aromatic carbocycles. The minimum atomic E-state index is 0.168. The van der Waals surface area contributed by atoms with E-state index in [0.29, 0.717) is 6.42 Å². The van der Waals surface area contributed by atoms with Crippen LogP contribution in [0.25, 0.3) is 0 Å². The molecule has 1 amide bonds. The molecule has 20 heavy (non-hydrogen) atoms. The Morgan fingerprint density at radius 2 is 2.30 bits per heavy atom. The van der Waals surface area contributed by atoms with E-state index in [2.05, 4.69) is 6.07 Å². The highest BCUT2D eigenvalue weighted by atomic mass is 32.1. The SMILES string of the molecule is COc1ccc2c(c1)N(C(=O)Cc1cccs1)CCC2. The van der Waals surface area contributed by atoms with Crippen LogP contribution < -0.4 is 9.64 Å². The summed E-state index contributed by atoms with van der Waals surface area (Å²) in [4.78, 5) is 15.5. The van der Waals surface area contributed by atoms with Gasteiger partial charge in [0.15, 0.2) is 0 Å². The van der Waals surface area contributed by atoms with Gasteiger partial charge in [-0.3, -0.25) is 4.79 Å². The van der Waals surface area contributed by atoms with Crippen molar-refractivity contribution in [1.82, 2.24) is 0 Å². The lowest BCUT2D eigenvalue weighted by Gasteiger charge is -2.29. The zero-order chi connectivity index (χ0) is 13.9. The van der Waals surface area contributed by atoms with Gasteiger partial charge in [-0.15, -0.1) is 11.3 Å². The Balaban J connectivity index is 1.86. The topological polar surface area (TPSA) is 29.5 Å². The van der Waals surface area contributed by atoms with Crippen molar-refractivity contribution >= 4 is 22.9 Å². The van der Waals surface area contributed by atoms with Gasteiger partial charge in [0, 0.05) is 17.5 Å². The Hall–Kier alpha value is -1.81. The van der Waals surface area contributed by atoms with E-state index in [4.69, 9.17) is 4.74 Å². The molecule has 0 unspecified atom stereocenters. The van der Waals surface area contributed by atoms with Crippen LogP contribution in [0.2, 0.25) is 0 Å². The van der Waals surface area contributed by atoms with Crippen LogP contribution >= 0.6 is 11.3 Å². The van der Waals surface area contributed by atoms with Gasteiger partial charge < -0.3 is 9.64 Å². The van der Waals surface area contributed by atoms with E-state index in [-0.39, 0.29) is 5.91 Å². The molecule has 1 aliphatic heterocycles. The van der Waals surface area contributed by atoms with Gasteiger partial charge in [-0.25, -0.2) is 0 Å². The average molecular weight is 287 g/mol. The summed E-state index contributed by atoms with van der Waals surface area (Å²) in [6.45, 7) is 0.796. The summed E-state index contributed by atoms with van der Waals surface area (Å²) in [7, 11) is 1.66.